The summed E-state index contributed by atoms with van der Waals surface area (Å²) in [4.78, 5) is 14.1. The number of carbonyl (C=O) groups excluding carboxylic acids is 1. The standard InChI is InChI=1S/C8H6N2O2.C4H9NO/c1-5-6(8(11)12)2-3-10-7(5)4-9;1-3-6-4-2-5-1/h2-3H,1H3,(H,11,12);5H,1-4H2. The van der Waals surface area contributed by atoms with Gasteiger partial charge in [-0.2, -0.15) is 5.26 Å². The van der Waals surface area contributed by atoms with E-state index in [1.807, 2.05) is 0 Å². The smallest absolute Gasteiger partial charge is 0.143 e. The molecule has 0 spiro atoms. The Morgan fingerprint density at radius 2 is 2.22 bits per heavy atom. The number of carbonyl (C=O) groups is 1. The third kappa shape index (κ3) is 4.13. The number of ether oxygens (including phenoxy) is 1. The third-order valence-electron chi connectivity index (χ3n) is 2.46. The highest BCUT2D eigenvalue weighted by Crippen LogP contribution is 2.08. The Balaban J connectivity index is 0.000000225. The lowest BCUT2D eigenvalue weighted by Gasteiger charge is -2.07. The van der Waals surface area contributed by atoms with Crippen molar-refractivity contribution in [3.05, 3.63) is 29.1 Å². The van der Waals surface area contributed by atoms with Crippen molar-refractivity contribution in [2.45, 2.75) is 6.92 Å². The van der Waals surface area contributed by atoms with E-state index in [1.165, 1.54) is 19.2 Å². The molecule has 6 heteroatoms. The van der Waals surface area contributed by atoms with Crippen molar-refractivity contribution in [1.82, 2.24) is 4.98 Å². The minimum atomic E-state index is -1.29. The van der Waals surface area contributed by atoms with Crippen molar-refractivity contribution < 1.29 is 20.0 Å². The molecule has 0 atom stereocenters. The average Bonchev–Trinajstić information content (AvgIpc) is 2.41. The number of carboxylic acids is 1. The third-order valence-corrected chi connectivity index (χ3v) is 2.46. The molecular weight excluding hydrogens is 234 g/mol. The molecule has 0 aromatic carbocycles. The van der Waals surface area contributed by atoms with E-state index in [0.717, 1.165) is 26.3 Å². The Kier molecular flexibility index (Phi) is 5.77. The molecule has 2 rings (SSSR count). The maximum Gasteiger partial charge on any atom is 0.143 e. The Labute approximate surface area is 105 Å². The van der Waals surface area contributed by atoms with Gasteiger partial charge in [-0.05, 0) is 18.6 Å². The van der Waals surface area contributed by atoms with Crippen molar-refractivity contribution in [2.24, 2.45) is 0 Å². The van der Waals surface area contributed by atoms with Gasteiger partial charge in [-0.1, -0.05) is 0 Å². The molecule has 1 fully saturated rings. The van der Waals surface area contributed by atoms with Crippen LogP contribution in [0.5, 0.6) is 0 Å². The molecule has 1 aliphatic heterocycles. The predicted octanol–water partition coefficient (Wildman–Crippen LogP) is -1.79. The number of hydrogen-bond acceptors (Lipinski definition) is 5. The van der Waals surface area contributed by atoms with Crippen LogP contribution in [0.3, 0.4) is 0 Å². The number of aromatic carboxylic acids is 1. The molecule has 2 heterocycles. The molecule has 1 aromatic rings. The number of morpholine rings is 1. The first kappa shape index (κ1) is 14.1. The summed E-state index contributed by atoms with van der Waals surface area (Å²) in [7, 11) is 0. The highest BCUT2D eigenvalue weighted by molar-refractivity contribution is 5.87. The monoisotopic (exact) mass is 249 g/mol. The molecule has 0 radical (unpaired) electrons. The molecule has 0 amide bonds. The van der Waals surface area contributed by atoms with Gasteiger partial charge in [0.15, 0.2) is 0 Å². The fraction of sp³-hybridized carbons (Fsp3) is 0.417. The number of pyridine rings is 1. The summed E-state index contributed by atoms with van der Waals surface area (Å²) in [6.45, 7) is 5.72. The Bertz CT molecular complexity index is 439. The lowest BCUT2D eigenvalue weighted by molar-refractivity contribution is -0.670. The summed E-state index contributed by atoms with van der Waals surface area (Å²) in [5.41, 5.74) is 0.484. The number of quaternary nitrogens is 1. The maximum atomic E-state index is 10.4. The molecule has 1 aromatic heterocycles. The van der Waals surface area contributed by atoms with E-state index < -0.39 is 5.97 Å². The minimum absolute atomic E-state index is 0.0153. The summed E-state index contributed by atoms with van der Waals surface area (Å²) in [6, 6.07) is 3.10. The van der Waals surface area contributed by atoms with Crippen LogP contribution in [0.1, 0.15) is 21.6 Å². The van der Waals surface area contributed by atoms with Gasteiger partial charge in [0, 0.05) is 11.8 Å². The van der Waals surface area contributed by atoms with Crippen LogP contribution in [0, 0.1) is 18.3 Å². The summed E-state index contributed by atoms with van der Waals surface area (Å²) < 4.78 is 5.04. The lowest BCUT2D eigenvalue weighted by atomic mass is 10.1. The van der Waals surface area contributed by atoms with Gasteiger partial charge in [0.2, 0.25) is 0 Å². The van der Waals surface area contributed by atoms with Crippen LogP contribution in [0.25, 0.3) is 0 Å². The number of hydrogen-bond donors (Lipinski definition) is 1. The van der Waals surface area contributed by atoms with Gasteiger partial charge in [-0.25, -0.2) is 4.98 Å². The van der Waals surface area contributed by atoms with Crippen molar-refractivity contribution >= 4 is 5.97 Å². The van der Waals surface area contributed by atoms with Gasteiger partial charge in [0.05, 0.1) is 32.3 Å². The Hall–Kier alpha value is -1.97. The van der Waals surface area contributed by atoms with E-state index in [0.29, 0.717) is 5.56 Å². The number of nitrogens with two attached hydrogens (primary N) is 1. The molecule has 0 aliphatic carbocycles. The summed E-state index contributed by atoms with van der Waals surface area (Å²) >= 11 is 0. The molecule has 18 heavy (non-hydrogen) atoms. The maximum absolute atomic E-state index is 10.4. The number of rotatable bonds is 1. The fourth-order valence-electron chi connectivity index (χ4n) is 1.45. The zero-order chi connectivity index (χ0) is 13.4. The first-order chi connectivity index (χ1) is 8.66. The van der Waals surface area contributed by atoms with E-state index in [1.54, 1.807) is 6.07 Å². The van der Waals surface area contributed by atoms with Gasteiger partial charge < -0.3 is 20.0 Å². The molecule has 0 saturated carbocycles. The van der Waals surface area contributed by atoms with Crippen molar-refractivity contribution in [3.8, 4) is 6.07 Å². The van der Waals surface area contributed by atoms with Crippen LogP contribution < -0.4 is 10.4 Å². The number of carboxylic acid groups (broad SMARTS) is 1. The quantitative estimate of drug-likeness (QED) is 0.633. The van der Waals surface area contributed by atoms with Gasteiger partial charge in [0.1, 0.15) is 11.8 Å². The second kappa shape index (κ2) is 7.37. The number of aromatic nitrogens is 1. The summed E-state index contributed by atoms with van der Waals surface area (Å²) in [5.74, 6) is -1.29. The average molecular weight is 249 g/mol. The first-order valence-corrected chi connectivity index (χ1v) is 5.63. The Morgan fingerprint density at radius 3 is 2.61 bits per heavy atom. The topological polar surface area (TPSA) is 103 Å². The first-order valence-electron chi connectivity index (χ1n) is 5.63. The molecule has 2 N–H and O–H groups in total. The molecule has 96 valence electrons. The fourth-order valence-corrected chi connectivity index (χ4v) is 1.45. The molecule has 1 aliphatic rings. The van der Waals surface area contributed by atoms with E-state index in [4.69, 9.17) is 10.00 Å². The van der Waals surface area contributed by atoms with Gasteiger partial charge in [-0.15, -0.1) is 0 Å². The SMILES string of the molecule is C1COCC[NH2+]1.Cc1c(C(=O)[O-])ccnc1C#N. The van der Waals surface area contributed by atoms with Crippen LogP contribution in [-0.2, 0) is 4.74 Å². The molecule has 6 nitrogen and oxygen atoms in total. The largest absolute Gasteiger partial charge is 0.545 e. The van der Waals surface area contributed by atoms with Crippen molar-refractivity contribution in [1.29, 1.82) is 5.26 Å². The normalized spacial score (nSPS) is 14.0. The molecule has 0 unspecified atom stereocenters. The van der Waals surface area contributed by atoms with E-state index in [9.17, 15) is 9.90 Å². The second-order valence-corrected chi connectivity index (χ2v) is 3.71. The summed E-state index contributed by atoms with van der Waals surface area (Å²) in [6.07, 6.45) is 1.27. The van der Waals surface area contributed by atoms with E-state index in [-0.39, 0.29) is 11.3 Å². The minimum Gasteiger partial charge on any atom is -0.545 e. The van der Waals surface area contributed by atoms with Crippen molar-refractivity contribution in [2.75, 3.05) is 26.3 Å². The van der Waals surface area contributed by atoms with Crippen LogP contribution >= 0.6 is 0 Å². The zero-order valence-electron chi connectivity index (χ0n) is 10.2. The van der Waals surface area contributed by atoms with E-state index in [2.05, 4.69) is 10.3 Å². The lowest BCUT2D eigenvalue weighted by Crippen LogP contribution is -2.87. The van der Waals surface area contributed by atoms with Gasteiger partial charge in [-0.3, -0.25) is 0 Å². The second-order valence-electron chi connectivity index (χ2n) is 3.71. The summed E-state index contributed by atoms with van der Waals surface area (Å²) in [5, 5.41) is 21.2. The van der Waals surface area contributed by atoms with E-state index >= 15 is 0 Å². The van der Waals surface area contributed by atoms with Crippen LogP contribution in [0.15, 0.2) is 12.3 Å². The highest BCUT2D eigenvalue weighted by Gasteiger charge is 2.04. The van der Waals surface area contributed by atoms with Gasteiger partial charge in [0.25, 0.3) is 0 Å². The number of nitriles is 1. The van der Waals surface area contributed by atoms with Crippen LogP contribution in [-0.4, -0.2) is 37.3 Å². The van der Waals surface area contributed by atoms with Gasteiger partial charge >= 0.3 is 0 Å². The Morgan fingerprint density at radius 1 is 1.56 bits per heavy atom. The predicted molar refractivity (Wildman–Crippen MR) is 60.5 cm³/mol. The van der Waals surface area contributed by atoms with Crippen molar-refractivity contribution in [3.63, 3.8) is 0 Å². The molecular formula is C12H15N3O3. The highest BCUT2D eigenvalue weighted by atomic mass is 16.5. The van der Waals surface area contributed by atoms with Crippen LogP contribution in [0.4, 0.5) is 0 Å². The zero-order valence-corrected chi connectivity index (χ0v) is 10.2. The number of nitrogens with zero attached hydrogens (tertiary/aromatic N) is 2. The molecule has 0 bridgehead atoms. The molecule has 1 saturated heterocycles. The van der Waals surface area contributed by atoms with Crippen LogP contribution in [0.2, 0.25) is 0 Å².